The molecular formula is C23H40N2O6Si2. The van der Waals surface area contributed by atoms with Gasteiger partial charge in [-0.2, -0.15) is 0 Å². The summed E-state index contributed by atoms with van der Waals surface area (Å²) in [6.07, 6.45) is 6.58. The van der Waals surface area contributed by atoms with Crippen LogP contribution in [0.15, 0.2) is 21.9 Å². The molecule has 0 spiro atoms. The minimum absolute atomic E-state index is 0.0143. The van der Waals surface area contributed by atoms with E-state index in [-0.39, 0.29) is 16.7 Å². The highest BCUT2D eigenvalue weighted by Gasteiger charge is 2.53. The third kappa shape index (κ3) is 6.08. The second-order valence-electron chi connectivity index (χ2n) is 11.7. The van der Waals surface area contributed by atoms with Crippen molar-refractivity contribution in [3.05, 3.63) is 33.1 Å². The molecule has 0 bridgehead atoms. The molecule has 33 heavy (non-hydrogen) atoms. The molecule has 0 aliphatic carbocycles. The van der Waals surface area contributed by atoms with Crippen molar-refractivity contribution in [2.45, 2.75) is 102 Å². The first kappa shape index (κ1) is 27.6. The van der Waals surface area contributed by atoms with Crippen molar-refractivity contribution in [1.29, 1.82) is 0 Å². The molecule has 1 aromatic heterocycles. The van der Waals surface area contributed by atoms with Crippen molar-refractivity contribution >= 4 is 16.6 Å². The van der Waals surface area contributed by atoms with E-state index in [4.69, 9.17) is 24.7 Å². The monoisotopic (exact) mass is 496 g/mol. The Morgan fingerprint density at radius 3 is 2.12 bits per heavy atom. The molecule has 1 aliphatic heterocycles. The lowest BCUT2D eigenvalue weighted by atomic mass is 10.1. The summed E-state index contributed by atoms with van der Waals surface area (Å²) in [4.78, 5) is 26.6. The van der Waals surface area contributed by atoms with Crippen LogP contribution in [0.4, 0.5) is 0 Å². The molecule has 1 saturated heterocycles. The molecular weight excluding hydrogens is 456 g/mol. The molecule has 1 aromatic rings. The summed E-state index contributed by atoms with van der Waals surface area (Å²) in [5.41, 5.74) is -1.06. The maximum Gasteiger partial charge on any atom is 0.330 e. The molecule has 186 valence electrons. The summed E-state index contributed by atoms with van der Waals surface area (Å²) in [6, 6.07) is 1.28. The topological polar surface area (TPSA) is 91.8 Å². The van der Waals surface area contributed by atoms with E-state index in [1.165, 1.54) is 16.8 Å². The molecule has 1 fully saturated rings. The van der Waals surface area contributed by atoms with E-state index in [0.717, 1.165) is 0 Å². The number of nitrogens with one attached hydrogen (secondary N) is 1. The van der Waals surface area contributed by atoms with Gasteiger partial charge < -0.3 is 18.3 Å². The predicted octanol–water partition coefficient (Wildman–Crippen LogP) is 3.82. The lowest BCUT2D eigenvalue weighted by molar-refractivity contribution is -0.0514. The smallest absolute Gasteiger partial charge is 0.330 e. The van der Waals surface area contributed by atoms with Gasteiger partial charge in [-0.05, 0) is 36.3 Å². The Bertz CT molecular complexity index is 981. The molecule has 2 rings (SSSR count). The summed E-state index contributed by atoms with van der Waals surface area (Å²) >= 11 is 0. The number of rotatable bonds is 7. The number of terminal acetylenes is 1. The van der Waals surface area contributed by atoms with Gasteiger partial charge in [0, 0.05) is 12.3 Å². The van der Waals surface area contributed by atoms with Crippen molar-refractivity contribution < 1.29 is 18.3 Å². The summed E-state index contributed by atoms with van der Waals surface area (Å²) in [5.74, 6) is 0. The average Bonchev–Trinajstić information content (AvgIpc) is 2.95. The maximum absolute atomic E-state index is 12.6. The highest BCUT2D eigenvalue weighted by molar-refractivity contribution is 6.74. The van der Waals surface area contributed by atoms with Crippen LogP contribution in [0.3, 0.4) is 0 Å². The second kappa shape index (κ2) is 9.54. The highest BCUT2D eigenvalue weighted by atomic mass is 28.4. The summed E-state index contributed by atoms with van der Waals surface area (Å²) in [5, 5.41) is -0.0791. The zero-order valence-electron chi connectivity index (χ0n) is 21.6. The fourth-order valence-electron chi connectivity index (χ4n) is 3.06. The van der Waals surface area contributed by atoms with Gasteiger partial charge in [0.05, 0.1) is 6.61 Å². The van der Waals surface area contributed by atoms with Gasteiger partial charge in [-0.15, -0.1) is 0 Å². The maximum atomic E-state index is 12.6. The molecule has 1 aliphatic rings. The SMILES string of the molecule is C#CO[C@H]1[C@@H](O[Si](C)(C)C(C)(C)C)[C@H](n2ccc(=O)[nH]c2=O)O[C@@H]1CO[Si](C)(C)C(C)(C)C. The van der Waals surface area contributed by atoms with E-state index in [0.29, 0.717) is 0 Å². The molecule has 2 heterocycles. The van der Waals surface area contributed by atoms with Crippen LogP contribution in [0.5, 0.6) is 0 Å². The quantitative estimate of drug-likeness (QED) is 0.456. The molecule has 0 saturated carbocycles. The second-order valence-corrected chi connectivity index (χ2v) is 21.3. The summed E-state index contributed by atoms with van der Waals surface area (Å²) in [6.45, 7) is 21.7. The Hall–Kier alpha value is -1.65. The minimum atomic E-state index is -2.31. The first-order chi connectivity index (χ1) is 14.9. The Morgan fingerprint density at radius 1 is 1.06 bits per heavy atom. The Morgan fingerprint density at radius 2 is 1.64 bits per heavy atom. The third-order valence-electron chi connectivity index (χ3n) is 7.27. The number of H-pyrrole nitrogens is 1. The van der Waals surface area contributed by atoms with E-state index in [2.05, 4.69) is 78.8 Å². The third-order valence-corrected chi connectivity index (χ3v) is 16.2. The molecule has 0 unspecified atom stereocenters. The average molecular weight is 497 g/mol. The van der Waals surface area contributed by atoms with E-state index >= 15 is 0 Å². The van der Waals surface area contributed by atoms with Gasteiger partial charge in [-0.1, -0.05) is 48.0 Å². The van der Waals surface area contributed by atoms with Gasteiger partial charge in [0.2, 0.25) is 0 Å². The van der Waals surface area contributed by atoms with E-state index < -0.39 is 52.4 Å². The van der Waals surface area contributed by atoms with Gasteiger partial charge >= 0.3 is 5.69 Å². The van der Waals surface area contributed by atoms with Crippen LogP contribution in [0, 0.1) is 12.5 Å². The van der Waals surface area contributed by atoms with Crippen LogP contribution in [0.25, 0.3) is 0 Å². The molecule has 0 amide bonds. The Kier molecular flexibility index (Phi) is 7.98. The van der Waals surface area contributed by atoms with Gasteiger partial charge in [-0.25, -0.2) is 4.79 Å². The zero-order valence-corrected chi connectivity index (χ0v) is 23.6. The summed E-state index contributed by atoms with van der Waals surface area (Å²) < 4.78 is 26.5. The molecule has 0 aromatic carbocycles. The van der Waals surface area contributed by atoms with Crippen LogP contribution >= 0.6 is 0 Å². The number of aromatic nitrogens is 2. The first-order valence-electron chi connectivity index (χ1n) is 11.3. The normalized spacial score (nSPS) is 24.5. The van der Waals surface area contributed by atoms with Crippen LogP contribution in [-0.4, -0.2) is 51.1 Å². The molecule has 1 N–H and O–H groups in total. The van der Waals surface area contributed by atoms with Crippen LogP contribution < -0.4 is 11.2 Å². The van der Waals surface area contributed by atoms with Crippen molar-refractivity contribution in [3.63, 3.8) is 0 Å². The molecule has 10 heteroatoms. The lowest BCUT2D eigenvalue weighted by Gasteiger charge is -2.40. The van der Waals surface area contributed by atoms with Crippen molar-refractivity contribution in [1.82, 2.24) is 9.55 Å². The van der Waals surface area contributed by atoms with Gasteiger partial charge in [0.15, 0.2) is 29.0 Å². The first-order valence-corrected chi connectivity index (χ1v) is 17.1. The van der Waals surface area contributed by atoms with E-state index in [1.807, 2.05) is 0 Å². The van der Waals surface area contributed by atoms with Gasteiger partial charge in [-0.3, -0.25) is 14.3 Å². The van der Waals surface area contributed by atoms with Crippen molar-refractivity contribution in [2.24, 2.45) is 0 Å². The Labute approximate surface area is 199 Å². The predicted molar refractivity (Wildman–Crippen MR) is 134 cm³/mol. The van der Waals surface area contributed by atoms with Gasteiger partial charge in [0.1, 0.15) is 18.3 Å². The largest absolute Gasteiger partial charge is 0.438 e. The van der Waals surface area contributed by atoms with Gasteiger partial charge in [0.25, 0.3) is 5.56 Å². The van der Waals surface area contributed by atoms with Crippen molar-refractivity contribution in [2.75, 3.05) is 6.61 Å². The number of hydrogen-bond donors (Lipinski definition) is 1. The van der Waals surface area contributed by atoms with Crippen LogP contribution in [0.1, 0.15) is 47.8 Å². The van der Waals surface area contributed by atoms with Crippen LogP contribution in [-0.2, 0) is 18.3 Å². The molecule has 0 radical (unpaired) electrons. The van der Waals surface area contributed by atoms with Crippen molar-refractivity contribution in [3.8, 4) is 12.5 Å². The highest BCUT2D eigenvalue weighted by Crippen LogP contribution is 2.43. The number of ether oxygens (including phenoxy) is 2. The number of nitrogens with zero attached hydrogens (tertiary/aromatic N) is 1. The summed E-state index contributed by atoms with van der Waals surface area (Å²) in [7, 11) is -4.39. The molecule has 8 nitrogen and oxygen atoms in total. The van der Waals surface area contributed by atoms with E-state index in [9.17, 15) is 9.59 Å². The standard InChI is InChI=1S/C23H40N2O6Si2/c1-12-28-18-16(15-29-32(8,9)22(2,3)4)30-20(25-14-13-17(26)24-21(25)27)19(18)31-33(10,11)23(5,6)7/h1,13-14,16,18-20H,15H2,2-11H3,(H,24,26,27)/t16-,18-,19-,20-/m1/s1. The Balaban J connectivity index is 2.48. The van der Waals surface area contributed by atoms with E-state index in [1.54, 1.807) is 0 Å². The minimum Gasteiger partial charge on any atom is -0.438 e. The number of hydrogen-bond acceptors (Lipinski definition) is 6. The fourth-order valence-corrected chi connectivity index (χ4v) is 5.36. The number of aromatic amines is 1. The zero-order chi connectivity index (χ0) is 25.4. The lowest BCUT2D eigenvalue weighted by Crippen LogP contribution is -2.50. The molecule has 4 atom stereocenters. The fraction of sp³-hybridized carbons (Fsp3) is 0.739. The van der Waals surface area contributed by atoms with Crippen LogP contribution in [0.2, 0.25) is 36.3 Å².